The second-order valence-corrected chi connectivity index (χ2v) is 5.32. The molecule has 0 spiro atoms. The molecule has 2 aliphatic heterocycles. The minimum Gasteiger partial charge on any atom is -0.376 e. The molecule has 0 bridgehead atoms. The van der Waals surface area contributed by atoms with Crippen molar-refractivity contribution in [2.45, 2.75) is 57.7 Å². The first-order chi connectivity index (χ1) is 8.58. The summed E-state index contributed by atoms with van der Waals surface area (Å²) in [5.41, 5.74) is 0. The van der Waals surface area contributed by atoms with Gasteiger partial charge in [0.15, 0.2) is 0 Å². The zero-order valence-corrected chi connectivity index (χ0v) is 11.1. The third-order valence-corrected chi connectivity index (χ3v) is 3.72. The minimum absolute atomic E-state index is 0.00234. The third kappa shape index (κ3) is 3.02. The SMILES string of the molecule is CC1NC(=O)CC(C)N(CC2CCCCO2)C1=O. The Morgan fingerprint density at radius 2 is 2.11 bits per heavy atom. The molecule has 0 aromatic heterocycles. The minimum atomic E-state index is -0.425. The number of carbonyl (C=O) groups excluding carboxylic acids is 2. The van der Waals surface area contributed by atoms with Crippen molar-refractivity contribution >= 4 is 11.8 Å². The topological polar surface area (TPSA) is 58.6 Å². The van der Waals surface area contributed by atoms with Crippen LogP contribution in [0.25, 0.3) is 0 Å². The number of carbonyl (C=O) groups is 2. The molecule has 2 fully saturated rings. The highest BCUT2D eigenvalue weighted by Gasteiger charge is 2.33. The zero-order chi connectivity index (χ0) is 13.1. The Morgan fingerprint density at radius 3 is 2.78 bits per heavy atom. The number of ether oxygens (including phenoxy) is 1. The van der Waals surface area contributed by atoms with E-state index in [1.54, 1.807) is 11.8 Å². The highest BCUT2D eigenvalue weighted by Crippen LogP contribution is 2.18. The molecule has 0 saturated carbocycles. The summed E-state index contributed by atoms with van der Waals surface area (Å²) >= 11 is 0. The second-order valence-electron chi connectivity index (χ2n) is 5.32. The molecular weight excluding hydrogens is 232 g/mol. The molecule has 2 amide bonds. The lowest BCUT2D eigenvalue weighted by atomic mass is 10.1. The van der Waals surface area contributed by atoms with Gasteiger partial charge in [-0.3, -0.25) is 9.59 Å². The van der Waals surface area contributed by atoms with Gasteiger partial charge in [-0.05, 0) is 33.1 Å². The van der Waals surface area contributed by atoms with Crippen LogP contribution >= 0.6 is 0 Å². The van der Waals surface area contributed by atoms with E-state index in [9.17, 15) is 9.59 Å². The Balaban J connectivity index is 2.02. The highest BCUT2D eigenvalue weighted by atomic mass is 16.5. The maximum absolute atomic E-state index is 12.2. The van der Waals surface area contributed by atoms with Gasteiger partial charge in [0.25, 0.3) is 0 Å². The first kappa shape index (κ1) is 13.3. The molecule has 2 rings (SSSR count). The van der Waals surface area contributed by atoms with E-state index in [1.807, 2.05) is 6.92 Å². The number of amides is 2. The van der Waals surface area contributed by atoms with Crippen LogP contribution in [0.4, 0.5) is 0 Å². The molecule has 0 aromatic rings. The van der Waals surface area contributed by atoms with Crippen molar-refractivity contribution in [3.05, 3.63) is 0 Å². The Kier molecular flexibility index (Phi) is 4.22. The van der Waals surface area contributed by atoms with E-state index >= 15 is 0 Å². The first-order valence-corrected chi connectivity index (χ1v) is 6.79. The van der Waals surface area contributed by atoms with Crippen molar-refractivity contribution in [2.24, 2.45) is 0 Å². The lowest BCUT2D eigenvalue weighted by molar-refractivity contribution is -0.137. The van der Waals surface area contributed by atoms with Crippen LogP contribution in [0, 0.1) is 0 Å². The quantitative estimate of drug-likeness (QED) is 0.788. The summed E-state index contributed by atoms with van der Waals surface area (Å²) in [6.45, 7) is 5.07. The van der Waals surface area contributed by atoms with Gasteiger partial charge in [-0.2, -0.15) is 0 Å². The summed E-state index contributed by atoms with van der Waals surface area (Å²) < 4.78 is 5.68. The maximum atomic E-state index is 12.2. The van der Waals surface area contributed by atoms with Crippen LogP contribution in [0.1, 0.15) is 39.5 Å². The molecule has 5 nitrogen and oxygen atoms in total. The number of nitrogens with zero attached hydrogens (tertiary/aromatic N) is 1. The van der Waals surface area contributed by atoms with E-state index in [4.69, 9.17) is 4.74 Å². The molecule has 1 N–H and O–H groups in total. The predicted octanol–water partition coefficient (Wildman–Crippen LogP) is 0.681. The van der Waals surface area contributed by atoms with Crippen LogP contribution in [-0.4, -0.2) is 48.1 Å². The summed E-state index contributed by atoms with van der Waals surface area (Å²) in [6, 6.07) is -0.473. The lowest BCUT2D eigenvalue weighted by Crippen LogP contribution is -2.48. The van der Waals surface area contributed by atoms with Crippen molar-refractivity contribution < 1.29 is 14.3 Å². The normalized spacial score (nSPS) is 34.1. The van der Waals surface area contributed by atoms with Crippen LogP contribution in [0.5, 0.6) is 0 Å². The van der Waals surface area contributed by atoms with Gasteiger partial charge in [0.05, 0.1) is 6.10 Å². The summed E-state index contributed by atoms with van der Waals surface area (Å²) in [4.78, 5) is 25.6. The fourth-order valence-corrected chi connectivity index (χ4v) is 2.65. The first-order valence-electron chi connectivity index (χ1n) is 6.79. The van der Waals surface area contributed by atoms with Crippen LogP contribution in [0.15, 0.2) is 0 Å². The molecule has 0 aromatic carbocycles. The zero-order valence-electron chi connectivity index (χ0n) is 11.1. The molecule has 0 aliphatic carbocycles. The highest BCUT2D eigenvalue weighted by molar-refractivity contribution is 5.90. The Labute approximate surface area is 108 Å². The van der Waals surface area contributed by atoms with Crippen LogP contribution in [0.2, 0.25) is 0 Å². The Hall–Kier alpha value is -1.10. The summed E-state index contributed by atoms with van der Waals surface area (Å²) in [6.07, 6.45) is 3.78. The van der Waals surface area contributed by atoms with Crippen molar-refractivity contribution in [3.8, 4) is 0 Å². The van der Waals surface area contributed by atoms with Gasteiger partial charge in [-0.25, -0.2) is 0 Å². The third-order valence-electron chi connectivity index (χ3n) is 3.72. The van der Waals surface area contributed by atoms with Gasteiger partial charge < -0.3 is 15.0 Å². The molecule has 2 heterocycles. The summed E-state index contributed by atoms with van der Waals surface area (Å²) in [5, 5.41) is 2.72. The predicted molar refractivity (Wildman–Crippen MR) is 67.0 cm³/mol. The van der Waals surface area contributed by atoms with E-state index in [0.717, 1.165) is 25.9 Å². The van der Waals surface area contributed by atoms with E-state index in [0.29, 0.717) is 13.0 Å². The van der Waals surface area contributed by atoms with Gasteiger partial charge in [-0.1, -0.05) is 0 Å². The van der Waals surface area contributed by atoms with Gasteiger partial charge in [-0.15, -0.1) is 0 Å². The van der Waals surface area contributed by atoms with Crippen LogP contribution < -0.4 is 5.32 Å². The Bertz CT molecular complexity index is 326. The van der Waals surface area contributed by atoms with E-state index in [-0.39, 0.29) is 24.0 Å². The molecular formula is C13H22N2O3. The fraction of sp³-hybridized carbons (Fsp3) is 0.846. The molecule has 18 heavy (non-hydrogen) atoms. The summed E-state index contributed by atoms with van der Waals surface area (Å²) in [7, 11) is 0. The molecule has 0 radical (unpaired) electrons. The van der Waals surface area contributed by atoms with Crippen molar-refractivity contribution in [1.82, 2.24) is 10.2 Å². The van der Waals surface area contributed by atoms with Crippen molar-refractivity contribution in [1.29, 1.82) is 0 Å². The largest absolute Gasteiger partial charge is 0.376 e. The maximum Gasteiger partial charge on any atom is 0.245 e. The number of hydrogen-bond acceptors (Lipinski definition) is 3. The number of hydrogen-bond donors (Lipinski definition) is 1. The fourth-order valence-electron chi connectivity index (χ4n) is 2.65. The van der Waals surface area contributed by atoms with Crippen LogP contribution in [0.3, 0.4) is 0 Å². The Morgan fingerprint density at radius 1 is 1.33 bits per heavy atom. The number of nitrogens with one attached hydrogen (secondary N) is 1. The van der Waals surface area contributed by atoms with Crippen molar-refractivity contribution in [3.63, 3.8) is 0 Å². The van der Waals surface area contributed by atoms with E-state index in [1.165, 1.54) is 0 Å². The summed E-state index contributed by atoms with van der Waals surface area (Å²) in [5.74, 6) is -0.0436. The molecule has 2 saturated heterocycles. The number of rotatable bonds is 2. The average molecular weight is 254 g/mol. The standard InChI is InChI=1S/C13H22N2O3/c1-9-7-12(16)14-10(2)13(17)15(9)8-11-5-3-4-6-18-11/h9-11H,3-8H2,1-2H3,(H,14,16). The van der Waals surface area contributed by atoms with Crippen LogP contribution in [-0.2, 0) is 14.3 Å². The van der Waals surface area contributed by atoms with Crippen molar-refractivity contribution in [2.75, 3.05) is 13.2 Å². The van der Waals surface area contributed by atoms with Gasteiger partial charge >= 0.3 is 0 Å². The molecule has 3 unspecified atom stereocenters. The smallest absolute Gasteiger partial charge is 0.245 e. The second kappa shape index (κ2) is 5.69. The van der Waals surface area contributed by atoms with E-state index < -0.39 is 6.04 Å². The monoisotopic (exact) mass is 254 g/mol. The molecule has 3 atom stereocenters. The average Bonchev–Trinajstić information content (AvgIpc) is 2.43. The van der Waals surface area contributed by atoms with Gasteiger partial charge in [0, 0.05) is 25.6 Å². The molecule has 5 heteroatoms. The lowest BCUT2D eigenvalue weighted by Gasteiger charge is -2.33. The molecule has 102 valence electrons. The van der Waals surface area contributed by atoms with Gasteiger partial charge in [0.2, 0.25) is 11.8 Å². The van der Waals surface area contributed by atoms with Gasteiger partial charge in [0.1, 0.15) is 6.04 Å². The molecule has 2 aliphatic rings. The van der Waals surface area contributed by atoms with E-state index in [2.05, 4.69) is 5.32 Å².